The van der Waals surface area contributed by atoms with Crippen LogP contribution in [0.1, 0.15) is 6.23 Å². The first-order valence-corrected chi connectivity index (χ1v) is 7.04. The van der Waals surface area contributed by atoms with Crippen molar-refractivity contribution in [2.45, 2.75) is 23.3 Å². The van der Waals surface area contributed by atoms with Crippen LogP contribution in [0.5, 0.6) is 0 Å². The van der Waals surface area contributed by atoms with Crippen LogP contribution in [-0.2, 0) is 4.74 Å². The predicted octanol–water partition coefficient (Wildman–Crippen LogP) is -0.845. The molecule has 1 aromatic heterocycles. The molecule has 7 nitrogen and oxygen atoms in total. The molecule has 0 spiro atoms. The van der Waals surface area contributed by atoms with Gasteiger partial charge < -0.3 is 14.9 Å². The molecule has 1 aliphatic heterocycles. The standard InChI is InChI=1S/C9H10BrIN2O5/c10-5-6(15)4(2-14)18-8(5)13-1-3(11)7(16)12-9(13)17/h1,4-6,8,14-15H,2H2,(H,12,16,17)/t4-,5-,6-,8-/m1/s1. The van der Waals surface area contributed by atoms with Gasteiger partial charge in [-0.15, -0.1) is 0 Å². The Balaban J connectivity index is 2.42. The zero-order valence-corrected chi connectivity index (χ0v) is 12.7. The van der Waals surface area contributed by atoms with E-state index in [-0.39, 0.29) is 6.61 Å². The third-order valence-electron chi connectivity index (χ3n) is 2.67. The molecule has 0 bridgehead atoms. The molecule has 100 valence electrons. The van der Waals surface area contributed by atoms with E-state index in [1.807, 2.05) is 0 Å². The lowest BCUT2D eigenvalue weighted by atomic mass is 10.2. The van der Waals surface area contributed by atoms with E-state index in [2.05, 4.69) is 20.9 Å². The number of halogens is 2. The van der Waals surface area contributed by atoms with Gasteiger partial charge in [-0.3, -0.25) is 14.3 Å². The minimum absolute atomic E-state index is 0.331. The maximum absolute atomic E-state index is 11.7. The van der Waals surface area contributed by atoms with Crippen LogP contribution in [0, 0.1) is 3.57 Å². The van der Waals surface area contributed by atoms with E-state index in [1.54, 1.807) is 22.6 Å². The summed E-state index contributed by atoms with van der Waals surface area (Å²) < 4.78 is 6.90. The highest BCUT2D eigenvalue weighted by Gasteiger charge is 2.43. The van der Waals surface area contributed by atoms with Crippen molar-refractivity contribution in [3.63, 3.8) is 0 Å². The van der Waals surface area contributed by atoms with Crippen molar-refractivity contribution in [2.24, 2.45) is 0 Å². The quantitative estimate of drug-likeness (QED) is 0.417. The molecule has 4 atom stereocenters. The lowest BCUT2D eigenvalue weighted by molar-refractivity contribution is -0.0457. The first kappa shape index (κ1) is 14.2. The maximum atomic E-state index is 11.7. The van der Waals surface area contributed by atoms with Crippen molar-refractivity contribution < 1.29 is 14.9 Å². The molecule has 0 radical (unpaired) electrons. The fraction of sp³-hybridized carbons (Fsp3) is 0.556. The molecule has 2 heterocycles. The number of hydrogen-bond donors (Lipinski definition) is 3. The molecule has 1 saturated heterocycles. The summed E-state index contributed by atoms with van der Waals surface area (Å²) >= 11 is 5.02. The van der Waals surface area contributed by atoms with Crippen LogP contribution in [0.2, 0.25) is 0 Å². The SMILES string of the molecule is O=c1[nH]c(=O)n([C@@H]2O[C@H](CO)[C@@H](O)[C@H]2Br)cc1I. The Morgan fingerprint density at radius 2 is 2.22 bits per heavy atom. The second kappa shape index (κ2) is 5.41. The minimum Gasteiger partial charge on any atom is -0.394 e. The Morgan fingerprint density at radius 3 is 2.78 bits per heavy atom. The molecule has 0 unspecified atom stereocenters. The lowest BCUT2D eigenvalue weighted by Gasteiger charge is -2.16. The number of rotatable bonds is 2. The molecule has 0 saturated carbocycles. The Morgan fingerprint density at radius 1 is 1.56 bits per heavy atom. The molecule has 3 N–H and O–H groups in total. The molecule has 9 heteroatoms. The third-order valence-corrected chi connectivity index (χ3v) is 4.43. The van der Waals surface area contributed by atoms with Crippen molar-refractivity contribution in [1.29, 1.82) is 0 Å². The number of aliphatic hydroxyl groups excluding tert-OH is 2. The zero-order valence-electron chi connectivity index (χ0n) is 8.92. The van der Waals surface area contributed by atoms with Gasteiger partial charge in [0.2, 0.25) is 0 Å². The van der Waals surface area contributed by atoms with Crippen molar-refractivity contribution in [1.82, 2.24) is 9.55 Å². The molecule has 0 aliphatic carbocycles. The maximum Gasteiger partial charge on any atom is 0.330 e. The Hall–Kier alpha value is -0.230. The van der Waals surface area contributed by atoms with Crippen molar-refractivity contribution >= 4 is 38.5 Å². The largest absolute Gasteiger partial charge is 0.394 e. The highest BCUT2D eigenvalue weighted by atomic mass is 127. The summed E-state index contributed by atoms with van der Waals surface area (Å²) in [6.45, 7) is -0.352. The van der Waals surface area contributed by atoms with E-state index < -0.39 is 34.5 Å². The second-order valence-electron chi connectivity index (χ2n) is 3.83. The van der Waals surface area contributed by atoms with Crippen LogP contribution in [0.25, 0.3) is 0 Å². The molecule has 2 rings (SSSR count). The normalized spacial score (nSPS) is 31.8. The fourth-order valence-electron chi connectivity index (χ4n) is 1.73. The van der Waals surface area contributed by atoms with Crippen LogP contribution < -0.4 is 11.2 Å². The number of aromatic nitrogens is 2. The van der Waals surface area contributed by atoms with Gasteiger partial charge in [-0.25, -0.2) is 4.79 Å². The zero-order chi connectivity index (χ0) is 13.4. The first-order chi connectivity index (χ1) is 8.45. The van der Waals surface area contributed by atoms with E-state index in [9.17, 15) is 14.7 Å². The number of nitrogens with zero attached hydrogens (tertiary/aromatic N) is 1. The molecule has 1 aromatic rings. The van der Waals surface area contributed by atoms with Gasteiger partial charge in [-0.1, -0.05) is 15.9 Å². The summed E-state index contributed by atoms with van der Waals surface area (Å²) in [5.74, 6) is 0. The Labute approximate surface area is 123 Å². The fourth-order valence-corrected chi connectivity index (χ4v) is 2.88. The van der Waals surface area contributed by atoms with Crippen molar-refractivity contribution in [3.8, 4) is 0 Å². The summed E-state index contributed by atoms with van der Waals surface area (Å²) in [6, 6.07) is 0. The molecule has 18 heavy (non-hydrogen) atoms. The van der Waals surface area contributed by atoms with E-state index in [0.717, 1.165) is 0 Å². The van der Waals surface area contributed by atoms with Gasteiger partial charge in [0, 0.05) is 6.20 Å². The minimum atomic E-state index is -0.934. The van der Waals surface area contributed by atoms with Gasteiger partial charge in [0.25, 0.3) is 5.56 Å². The second-order valence-corrected chi connectivity index (χ2v) is 6.05. The molecular weight excluding hydrogens is 423 g/mol. The molecule has 1 aliphatic rings. The monoisotopic (exact) mass is 432 g/mol. The van der Waals surface area contributed by atoms with Crippen LogP contribution in [0.3, 0.4) is 0 Å². The van der Waals surface area contributed by atoms with Crippen LogP contribution in [-0.4, -0.2) is 43.4 Å². The Kier molecular flexibility index (Phi) is 4.26. The predicted molar refractivity (Wildman–Crippen MR) is 73.8 cm³/mol. The summed E-state index contributed by atoms with van der Waals surface area (Å²) in [4.78, 5) is 24.5. The number of aliphatic hydroxyl groups is 2. The summed E-state index contributed by atoms with van der Waals surface area (Å²) in [5, 5.41) is 18.8. The van der Waals surface area contributed by atoms with Gasteiger partial charge in [-0.05, 0) is 22.6 Å². The molecule has 1 fully saturated rings. The van der Waals surface area contributed by atoms with Gasteiger partial charge in [0.05, 0.1) is 21.1 Å². The van der Waals surface area contributed by atoms with Crippen molar-refractivity contribution in [2.75, 3.05) is 6.61 Å². The topological polar surface area (TPSA) is 105 Å². The molecule has 0 aromatic carbocycles. The summed E-state index contributed by atoms with van der Waals surface area (Å²) in [6.07, 6.45) is -1.13. The van der Waals surface area contributed by atoms with Gasteiger partial charge in [0.1, 0.15) is 6.10 Å². The van der Waals surface area contributed by atoms with Gasteiger partial charge in [-0.2, -0.15) is 0 Å². The number of ether oxygens (including phenoxy) is 1. The third kappa shape index (κ3) is 2.41. The number of hydrogen-bond acceptors (Lipinski definition) is 5. The molecular formula is C9H10BrIN2O5. The van der Waals surface area contributed by atoms with Crippen LogP contribution >= 0.6 is 38.5 Å². The van der Waals surface area contributed by atoms with Crippen LogP contribution in [0.4, 0.5) is 0 Å². The summed E-state index contributed by atoms with van der Waals surface area (Å²) in [5.41, 5.74) is -1.10. The number of nitrogens with one attached hydrogen (secondary N) is 1. The van der Waals surface area contributed by atoms with E-state index in [0.29, 0.717) is 3.57 Å². The Bertz CT molecular complexity index is 559. The van der Waals surface area contributed by atoms with E-state index >= 15 is 0 Å². The van der Waals surface area contributed by atoms with Gasteiger partial charge >= 0.3 is 5.69 Å². The van der Waals surface area contributed by atoms with E-state index in [4.69, 9.17) is 9.84 Å². The van der Waals surface area contributed by atoms with Gasteiger partial charge in [0.15, 0.2) is 6.23 Å². The first-order valence-electron chi connectivity index (χ1n) is 5.05. The van der Waals surface area contributed by atoms with Crippen molar-refractivity contribution in [3.05, 3.63) is 30.6 Å². The lowest BCUT2D eigenvalue weighted by Crippen LogP contribution is -2.36. The average Bonchev–Trinajstić information content (AvgIpc) is 2.61. The number of H-pyrrole nitrogens is 1. The molecule has 0 amide bonds. The highest BCUT2D eigenvalue weighted by molar-refractivity contribution is 14.1. The smallest absolute Gasteiger partial charge is 0.330 e. The van der Waals surface area contributed by atoms with E-state index in [1.165, 1.54) is 10.8 Å². The highest BCUT2D eigenvalue weighted by Crippen LogP contribution is 2.33. The number of alkyl halides is 1. The average molecular weight is 433 g/mol. The van der Waals surface area contributed by atoms with Crippen LogP contribution in [0.15, 0.2) is 15.8 Å². The number of aromatic amines is 1. The summed E-state index contributed by atoms with van der Waals surface area (Å²) in [7, 11) is 0.